The van der Waals surface area contributed by atoms with Gasteiger partial charge in [-0.3, -0.25) is 14.5 Å². The molecule has 0 aromatic rings. The highest BCUT2D eigenvalue weighted by molar-refractivity contribution is 5.87. The average Bonchev–Trinajstić information content (AvgIpc) is 2.34. The van der Waals surface area contributed by atoms with Crippen molar-refractivity contribution in [2.24, 2.45) is 0 Å². The van der Waals surface area contributed by atoms with Gasteiger partial charge in [0.15, 0.2) is 0 Å². The molecule has 1 amide bonds. The summed E-state index contributed by atoms with van der Waals surface area (Å²) in [6, 6.07) is -0.177. The van der Waals surface area contributed by atoms with Gasteiger partial charge in [0.2, 0.25) is 5.91 Å². The predicted molar refractivity (Wildman–Crippen MR) is 71.8 cm³/mol. The fraction of sp³-hybridized carbons (Fsp3) is 0.857. The molecule has 0 bridgehead atoms. The standard InChI is InChI=1S/C14H24N2O3/c1-14(2)9-15-13(19)11(8-12(17)18)16(14)10-6-4-3-5-7-10/h10-11H,3-9H2,1-2H3,(H,15,19)(H,17,18). The first-order valence-corrected chi connectivity index (χ1v) is 7.20. The Bertz CT molecular complexity index is 362. The number of aliphatic carboxylic acids is 1. The van der Waals surface area contributed by atoms with Crippen LogP contribution >= 0.6 is 0 Å². The van der Waals surface area contributed by atoms with Crippen molar-refractivity contribution in [2.75, 3.05) is 6.54 Å². The summed E-state index contributed by atoms with van der Waals surface area (Å²) in [6.07, 6.45) is 5.66. The SMILES string of the molecule is CC1(C)CNC(=O)C(CC(=O)O)N1C1CCCCC1. The van der Waals surface area contributed by atoms with E-state index < -0.39 is 12.0 Å². The van der Waals surface area contributed by atoms with E-state index in [4.69, 9.17) is 5.11 Å². The van der Waals surface area contributed by atoms with E-state index in [9.17, 15) is 9.59 Å². The predicted octanol–water partition coefficient (Wildman–Crippen LogP) is 1.37. The molecular weight excluding hydrogens is 244 g/mol. The van der Waals surface area contributed by atoms with Crippen LogP contribution in [0.1, 0.15) is 52.4 Å². The van der Waals surface area contributed by atoms with Crippen molar-refractivity contribution >= 4 is 11.9 Å². The number of amides is 1. The van der Waals surface area contributed by atoms with E-state index in [1.165, 1.54) is 19.3 Å². The van der Waals surface area contributed by atoms with Gasteiger partial charge >= 0.3 is 5.97 Å². The summed E-state index contributed by atoms with van der Waals surface area (Å²) in [5.74, 6) is -1.04. The number of hydrogen-bond acceptors (Lipinski definition) is 3. The molecule has 108 valence electrons. The van der Waals surface area contributed by atoms with Crippen LogP contribution in [0.5, 0.6) is 0 Å². The number of nitrogens with zero attached hydrogens (tertiary/aromatic N) is 1. The first-order chi connectivity index (χ1) is 8.92. The number of carboxylic acid groups (broad SMARTS) is 1. The van der Waals surface area contributed by atoms with E-state index in [1.54, 1.807) is 0 Å². The zero-order chi connectivity index (χ0) is 14.0. The quantitative estimate of drug-likeness (QED) is 0.811. The number of carbonyl (C=O) groups is 2. The number of piperazine rings is 1. The summed E-state index contributed by atoms with van der Waals surface area (Å²) >= 11 is 0. The molecule has 1 aliphatic carbocycles. The number of carboxylic acids is 1. The lowest BCUT2D eigenvalue weighted by Gasteiger charge is -2.51. The van der Waals surface area contributed by atoms with Crippen LogP contribution < -0.4 is 5.32 Å². The van der Waals surface area contributed by atoms with E-state index >= 15 is 0 Å². The van der Waals surface area contributed by atoms with Crippen LogP contribution in [0.3, 0.4) is 0 Å². The van der Waals surface area contributed by atoms with E-state index in [0.717, 1.165) is 12.8 Å². The molecule has 1 aliphatic heterocycles. The van der Waals surface area contributed by atoms with Crippen molar-refractivity contribution in [3.63, 3.8) is 0 Å². The zero-order valence-electron chi connectivity index (χ0n) is 11.8. The molecule has 2 rings (SSSR count). The first-order valence-electron chi connectivity index (χ1n) is 7.20. The van der Waals surface area contributed by atoms with Crippen molar-refractivity contribution in [2.45, 2.75) is 70.0 Å². The van der Waals surface area contributed by atoms with Gasteiger partial charge < -0.3 is 10.4 Å². The van der Waals surface area contributed by atoms with E-state index in [1.807, 2.05) is 0 Å². The highest BCUT2D eigenvalue weighted by atomic mass is 16.4. The maximum atomic E-state index is 12.1. The Morgan fingerprint density at radius 2 is 2.00 bits per heavy atom. The second kappa shape index (κ2) is 5.49. The highest BCUT2D eigenvalue weighted by Crippen LogP contribution is 2.33. The topological polar surface area (TPSA) is 69.6 Å². The maximum absolute atomic E-state index is 12.1. The molecule has 2 N–H and O–H groups in total. The molecule has 2 aliphatic rings. The molecule has 1 saturated heterocycles. The summed E-state index contributed by atoms with van der Waals surface area (Å²) in [5.41, 5.74) is -0.171. The summed E-state index contributed by atoms with van der Waals surface area (Å²) in [6.45, 7) is 4.78. The molecule has 1 saturated carbocycles. The highest BCUT2D eigenvalue weighted by Gasteiger charge is 2.45. The summed E-state index contributed by atoms with van der Waals surface area (Å²) in [7, 11) is 0. The second-order valence-electron chi connectivity index (χ2n) is 6.34. The molecule has 5 heteroatoms. The van der Waals surface area contributed by atoms with Crippen molar-refractivity contribution < 1.29 is 14.7 Å². The third kappa shape index (κ3) is 3.08. The number of rotatable bonds is 3. The molecule has 1 atom stereocenters. The van der Waals surface area contributed by atoms with Gasteiger partial charge in [-0.1, -0.05) is 19.3 Å². The molecule has 19 heavy (non-hydrogen) atoms. The normalized spacial score (nSPS) is 28.9. The maximum Gasteiger partial charge on any atom is 0.305 e. The lowest BCUT2D eigenvalue weighted by molar-refractivity contribution is -0.148. The zero-order valence-corrected chi connectivity index (χ0v) is 11.8. The first kappa shape index (κ1) is 14.3. The van der Waals surface area contributed by atoms with Gasteiger partial charge in [-0.15, -0.1) is 0 Å². The lowest BCUT2D eigenvalue weighted by Crippen LogP contribution is -2.68. The van der Waals surface area contributed by atoms with Crippen LogP contribution in [0.4, 0.5) is 0 Å². The van der Waals surface area contributed by atoms with Crippen molar-refractivity contribution in [1.29, 1.82) is 0 Å². The smallest absolute Gasteiger partial charge is 0.305 e. The summed E-state index contributed by atoms with van der Waals surface area (Å²) in [5, 5.41) is 11.9. The molecule has 2 fully saturated rings. The average molecular weight is 268 g/mol. The minimum Gasteiger partial charge on any atom is -0.481 e. The van der Waals surface area contributed by atoms with E-state index in [-0.39, 0.29) is 17.9 Å². The van der Waals surface area contributed by atoms with E-state index in [2.05, 4.69) is 24.1 Å². The summed E-state index contributed by atoms with van der Waals surface area (Å²) in [4.78, 5) is 25.3. The van der Waals surface area contributed by atoms with Crippen LogP contribution in [0.15, 0.2) is 0 Å². The molecule has 5 nitrogen and oxygen atoms in total. The lowest BCUT2D eigenvalue weighted by atomic mass is 9.86. The van der Waals surface area contributed by atoms with Crippen LogP contribution in [0.2, 0.25) is 0 Å². The molecule has 0 aromatic heterocycles. The van der Waals surface area contributed by atoms with E-state index in [0.29, 0.717) is 12.6 Å². The molecular formula is C14H24N2O3. The van der Waals surface area contributed by atoms with Gasteiger partial charge in [-0.05, 0) is 26.7 Å². The van der Waals surface area contributed by atoms with Gasteiger partial charge in [0.25, 0.3) is 0 Å². The molecule has 0 spiro atoms. The molecule has 1 heterocycles. The van der Waals surface area contributed by atoms with Crippen LogP contribution in [0, 0.1) is 0 Å². The Balaban J connectivity index is 2.23. The fourth-order valence-electron chi connectivity index (χ4n) is 3.53. The minimum atomic E-state index is -0.904. The fourth-order valence-corrected chi connectivity index (χ4v) is 3.53. The molecule has 0 aromatic carbocycles. The Labute approximate surface area is 114 Å². The van der Waals surface area contributed by atoms with Gasteiger partial charge in [-0.2, -0.15) is 0 Å². The van der Waals surface area contributed by atoms with Crippen molar-refractivity contribution in [3.8, 4) is 0 Å². The number of carbonyl (C=O) groups excluding carboxylic acids is 1. The number of nitrogens with one attached hydrogen (secondary N) is 1. The minimum absolute atomic E-state index is 0.105. The summed E-state index contributed by atoms with van der Waals surface area (Å²) < 4.78 is 0. The van der Waals surface area contributed by atoms with Gasteiger partial charge in [-0.25, -0.2) is 0 Å². The Kier molecular flexibility index (Phi) is 4.13. The molecule has 0 radical (unpaired) electrons. The van der Waals surface area contributed by atoms with Crippen LogP contribution in [-0.4, -0.2) is 46.1 Å². The Morgan fingerprint density at radius 3 is 2.58 bits per heavy atom. The second-order valence-corrected chi connectivity index (χ2v) is 6.34. The van der Waals surface area contributed by atoms with Crippen molar-refractivity contribution in [3.05, 3.63) is 0 Å². The van der Waals surface area contributed by atoms with Gasteiger partial charge in [0.1, 0.15) is 6.04 Å². The van der Waals surface area contributed by atoms with Gasteiger partial charge in [0.05, 0.1) is 6.42 Å². The Hall–Kier alpha value is -1.10. The van der Waals surface area contributed by atoms with Crippen molar-refractivity contribution in [1.82, 2.24) is 10.2 Å². The largest absolute Gasteiger partial charge is 0.481 e. The number of hydrogen-bond donors (Lipinski definition) is 2. The van der Waals surface area contributed by atoms with Crippen LogP contribution in [-0.2, 0) is 9.59 Å². The Morgan fingerprint density at radius 1 is 1.37 bits per heavy atom. The third-order valence-electron chi connectivity index (χ3n) is 4.37. The van der Waals surface area contributed by atoms with Gasteiger partial charge in [0, 0.05) is 18.1 Å². The monoisotopic (exact) mass is 268 g/mol. The van der Waals surface area contributed by atoms with Crippen LogP contribution in [0.25, 0.3) is 0 Å². The molecule has 1 unspecified atom stereocenters. The third-order valence-corrected chi connectivity index (χ3v) is 4.37.